The van der Waals surface area contributed by atoms with Crippen LogP contribution < -0.4 is 5.43 Å². The molecule has 2 aromatic carbocycles. The van der Waals surface area contributed by atoms with E-state index in [1.807, 2.05) is 60.7 Å². The molecule has 2 atom stereocenters. The number of anilines is 1. The van der Waals surface area contributed by atoms with Crippen LogP contribution in [0.3, 0.4) is 0 Å². The highest BCUT2D eigenvalue weighted by molar-refractivity contribution is 5.74. The van der Waals surface area contributed by atoms with Gasteiger partial charge in [0.1, 0.15) is 0 Å². The van der Waals surface area contributed by atoms with Crippen molar-refractivity contribution in [2.45, 2.75) is 31.6 Å². The first-order chi connectivity index (χ1) is 10.9. The molecular formula is C18H20N2O3. The molecular weight excluding hydrogens is 292 g/mol. The highest BCUT2D eigenvalue weighted by atomic mass is 16.6. The number of rotatable bonds is 4. The summed E-state index contributed by atoms with van der Waals surface area (Å²) in [5, 5.41) is 12.1. The maximum atomic E-state index is 12.3. The van der Waals surface area contributed by atoms with E-state index in [9.17, 15) is 9.90 Å². The first kappa shape index (κ1) is 15.4. The molecule has 5 heteroatoms. The summed E-state index contributed by atoms with van der Waals surface area (Å²) in [4.78, 5) is 12.3. The smallest absolute Gasteiger partial charge is 0.432 e. The summed E-state index contributed by atoms with van der Waals surface area (Å²) in [5.74, 6) is 0. The number of nitrogens with one attached hydrogen (secondary N) is 1. The number of hydrogen-bond acceptors (Lipinski definition) is 4. The van der Waals surface area contributed by atoms with E-state index in [1.54, 1.807) is 13.8 Å². The fraction of sp³-hybridized carbons (Fsp3) is 0.278. The van der Waals surface area contributed by atoms with Gasteiger partial charge in [-0.1, -0.05) is 48.5 Å². The number of cyclic esters (lactones) is 1. The minimum Gasteiger partial charge on any atom is -0.436 e. The van der Waals surface area contributed by atoms with Crippen LogP contribution in [0.4, 0.5) is 10.5 Å². The predicted molar refractivity (Wildman–Crippen MR) is 87.6 cm³/mol. The monoisotopic (exact) mass is 312 g/mol. The number of para-hydroxylation sites is 1. The molecule has 5 nitrogen and oxygen atoms in total. The Hall–Kier alpha value is -2.53. The van der Waals surface area contributed by atoms with E-state index in [-0.39, 0.29) is 0 Å². The molecule has 0 saturated carbocycles. The lowest BCUT2D eigenvalue weighted by Crippen LogP contribution is -2.57. The molecule has 3 rings (SSSR count). The lowest BCUT2D eigenvalue weighted by Gasteiger charge is -2.37. The average molecular weight is 312 g/mol. The summed E-state index contributed by atoms with van der Waals surface area (Å²) in [6.45, 7) is 3.32. The van der Waals surface area contributed by atoms with Gasteiger partial charge in [-0.2, -0.15) is 5.01 Å². The number of amides is 1. The van der Waals surface area contributed by atoms with Crippen molar-refractivity contribution < 1.29 is 14.6 Å². The van der Waals surface area contributed by atoms with E-state index >= 15 is 0 Å². The van der Waals surface area contributed by atoms with Crippen molar-refractivity contribution in [2.75, 3.05) is 5.43 Å². The minimum atomic E-state index is -1.50. The summed E-state index contributed by atoms with van der Waals surface area (Å²) in [7, 11) is 0. The Morgan fingerprint density at radius 3 is 2.22 bits per heavy atom. The molecule has 2 N–H and O–H groups in total. The summed E-state index contributed by atoms with van der Waals surface area (Å²) >= 11 is 0. The molecule has 0 aromatic heterocycles. The van der Waals surface area contributed by atoms with Crippen LogP contribution in [-0.4, -0.2) is 27.5 Å². The van der Waals surface area contributed by atoms with Gasteiger partial charge in [-0.15, -0.1) is 0 Å². The van der Waals surface area contributed by atoms with E-state index in [0.717, 1.165) is 10.6 Å². The van der Waals surface area contributed by atoms with Crippen molar-refractivity contribution in [3.05, 3.63) is 66.2 Å². The molecule has 1 heterocycles. The molecule has 1 fully saturated rings. The molecule has 1 aliphatic heterocycles. The third-order valence-electron chi connectivity index (χ3n) is 4.33. The number of aliphatic hydroxyl groups is 1. The van der Waals surface area contributed by atoms with Crippen LogP contribution in [0.15, 0.2) is 60.7 Å². The zero-order chi connectivity index (χ0) is 16.5. The molecule has 0 aliphatic carbocycles. The van der Waals surface area contributed by atoms with Gasteiger partial charge >= 0.3 is 6.09 Å². The van der Waals surface area contributed by atoms with E-state index < -0.39 is 17.4 Å². The molecule has 1 amide bonds. The van der Waals surface area contributed by atoms with Crippen molar-refractivity contribution in [2.24, 2.45) is 0 Å². The molecule has 1 aliphatic rings. The largest absolute Gasteiger partial charge is 0.436 e. The van der Waals surface area contributed by atoms with Gasteiger partial charge in [0.25, 0.3) is 0 Å². The lowest BCUT2D eigenvalue weighted by molar-refractivity contribution is -0.129. The summed E-state index contributed by atoms with van der Waals surface area (Å²) in [5.41, 5.74) is 2.06. The molecule has 120 valence electrons. The second-order valence-electron chi connectivity index (χ2n) is 6.10. The Morgan fingerprint density at radius 1 is 1.04 bits per heavy atom. The number of nitrogens with zero attached hydrogens (tertiary/aromatic N) is 1. The number of ether oxygens (including phenoxy) is 1. The second kappa shape index (κ2) is 5.59. The summed E-state index contributed by atoms with van der Waals surface area (Å²) in [6.07, 6.45) is -0.184. The normalized spacial score (nSPS) is 26.9. The third-order valence-corrected chi connectivity index (χ3v) is 4.33. The molecule has 2 aromatic rings. The Labute approximate surface area is 135 Å². The van der Waals surface area contributed by atoms with Gasteiger partial charge in [0.05, 0.1) is 5.69 Å². The number of hydrazine groups is 1. The van der Waals surface area contributed by atoms with Crippen LogP contribution in [0.5, 0.6) is 0 Å². The molecule has 0 bridgehead atoms. The van der Waals surface area contributed by atoms with Crippen molar-refractivity contribution in [1.82, 2.24) is 5.01 Å². The Balaban J connectivity index is 1.85. The number of hydrogen-bond donors (Lipinski definition) is 2. The predicted octanol–water partition coefficient (Wildman–Crippen LogP) is 3.18. The van der Waals surface area contributed by atoms with Crippen molar-refractivity contribution >= 4 is 11.8 Å². The first-order valence-electron chi connectivity index (χ1n) is 7.54. The van der Waals surface area contributed by atoms with Gasteiger partial charge in [0.15, 0.2) is 11.3 Å². The van der Waals surface area contributed by atoms with Crippen LogP contribution >= 0.6 is 0 Å². The van der Waals surface area contributed by atoms with E-state index in [4.69, 9.17) is 4.74 Å². The molecule has 0 unspecified atom stereocenters. The minimum absolute atomic E-state index is 0.416. The maximum Gasteiger partial charge on any atom is 0.432 e. The van der Waals surface area contributed by atoms with Crippen molar-refractivity contribution in [3.63, 3.8) is 0 Å². The van der Waals surface area contributed by atoms with Crippen LogP contribution in [0.1, 0.15) is 19.4 Å². The second-order valence-corrected chi connectivity index (χ2v) is 6.10. The molecule has 1 saturated heterocycles. The van der Waals surface area contributed by atoms with Crippen LogP contribution in [-0.2, 0) is 11.2 Å². The fourth-order valence-electron chi connectivity index (χ4n) is 2.73. The zero-order valence-electron chi connectivity index (χ0n) is 13.2. The summed E-state index contributed by atoms with van der Waals surface area (Å²) in [6, 6.07) is 18.9. The topological polar surface area (TPSA) is 61.8 Å². The number of carbonyl (C=O) groups excluding carboxylic acids is 1. The molecule has 23 heavy (non-hydrogen) atoms. The Morgan fingerprint density at radius 2 is 1.61 bits per heavy atom. The average Bonchev–Trinajstić information content (AvgIpc) is 2.69. The van der Waals surface area contributed by atoms with Crippen LogP contribution in [0, 0.1) is 0 Å². The summed E-state index contributed by atoms with van der Waals surface area (Å²) < 4.78 is 5.53. The SMILES string of the molecule is C[C@@]1(Cc2ccccc2)OC(=O)N(Nc2ccccc2)[C@@]1(C)O. The van der Waals surface area contributed by atoms with Gasteiger partial charge in [0, 0.05) is 6.42 Å². The van der Waals surface area contributed by atoms with Crippen molar-refractivity contribution in [3.8, 4) is 0 Å². The standard InChI is InChI=1S/C18H20N2O3/c1-17(13-14-9-5-3-6-10-14)18(2,22)20(16(21)23-17)19-15-11-7-4-8-12-15/h3-12,19,22H,13H2,1-2H3/t17-,18-/m0/s1. The van der Waals surface area contributed by atoms with Gasteiger partial charge in [-0.05, 0) is 31.5 Å². The van der Waals surface area contributed by atoms with Gasteiger partial charge in [-0.3, -0.25) is 5.43 Å². The van der Waals surface area contributed by atoms with Gasteiger partial charge < -0.3 is 9.84 Å². The highest BCUT2D eigenvalue weighted by Crippen LogP contribution is 2.39. The third kappa shape index (κ3) is 2.75. The van der Waals surface area contributed by atoms with Crippen LogP contribution in [0.2, 0.25) is 0 Å². The van der Waals surface area contributed by atoms with E-state index in [2.05, 4.69) is 5.43 Å². The quantitative estimate of drug-likeness (QED) is 0.910. The van der Waals surface area contributed by atoms with Gasteiger partial charge in [-0.25, -0.2) is 4.79 Å². The number of benzene rings is 2. The Bertz CT molecular complexity index is 688. The zero-order valence-corrected chi connectivity index (χ0v) is 13.2. The maximum absolute atomic E-state index is 12.3. The fourth-order valence-corrected chi connectivity index (χ4v) is 2.73. The lowest BCUT2D eigenvalue weighted by atomic mass is 9.87. The van der Waals surface area contributed by atoms with Crippen LogP contribution in [0.25, 0.3) is 0 Å². The first-order valence-corrected chi connectivity index (χ1v) is 7.54. The highest BCUT2D eigenvalue weighted by Gasteiger charge is 2.60. The van der Waals surface area contributed by atoms with E-state index in [0.29, 0.717) is 12.1 Å². The Kier molecular flexibility index (Phi) is 3.74. The molecule has 0 radical (unpaired) electrons. The number of carbonyl (C=O) groups is 1. The molecule has 0 spiro atoms. The van der Waals surface area contributed by atoms with E-state index in [1.165, 1.54) is 0 Å². The van der Waals surface area contributed by atoms with Gasteiger partial charge in [0.2, 0.25) is 0 Å². The van der Waals surface area contributed by atoms with Crippen molar-refractivity contribution in [1.29, 1.82) is 0 Å².